The molecule has 2 heteroatoms. The van der Waals surface area contributed by atoms with Gasteiger partial charge < -0.3 is 0 Å². The average Bonchev–Trinajstić information content (AvgIpc) is 2.26. The van der Waals surface area contributed by atoms with Crippen molar-refractivity contribution in [3.05, 3.63) is 33.3 Å². The standard InChI is InChI=1S/C15H22BrN/c1-11-5-4-6-17(9-11)10-14-7-12(2)15(16)13(3)8-14/h7-8,11H,4-6,9-10H2,1-3H3. The van der Waals surface area contributed by atoms with Gasteiger partial charge in [0.2, 0.25) is 0 Å². The first-order chi connectivity index (χ1) is 8.06. The smallest absolute Gasteiger partial charge is 0.0234 e. The van der Waals surface area contributed by atoms with Gasteiger partial charge in [-0.3, -0.25) is 4.90 Å². The van der Waals surface area contributed by atoms with E-state index in [1.165, 1.54) is 47.1 Å². The summed E-state index contributed by atoms with van der Waals surface area (Å²) in [6.45, 7) is 10.4. The fraction of sp³-hybridized carbons (Fsp3) is 0.600. The van der Waals surface area contributed by atoms with Crippen LogP contribution in [0.5, 0.6) is 0 Å². The number of hydrogen-bond donors (Lipinski definition) is 0. The lowest BCUT2D eigenvalue weighted by Crippen LogP contribution is -2.33. The Balaban J connectivity index is 2.08. The molecule has 1 aliphatic heterocycles. The molecule has 94 valence electrons. The van der Waals surface area contributed by atoms with Crippen LogP contribution in [0.3, 0.4) is 0 Å². The molecular weight excluding hydrogens is 274 g/mol. The van der Waals surface area contributed by atoms with Crippen LogP contribution in [0.4, 0.5) is 0 Å². The van der Waals surface area contributed by atoms with Crippen LogP contribution in [-0.2, 0) is 6.54 Å². The normalized spacial score (nSPS) is 21.8. The summed E-state index contributed by atoms with van der Waals surface area (Å²) in [4.78, 5) is 2.59. The van der Waals surface area contributed by atoms with Gasteiger partial charge in [0.25, 0.3) is 0 Å². The average molecular weight is 296 g/mol. The van der Waals surface area contributed by atoms with Crippen molar-refractivity contribution in [3.8, 4) is 0 Å². The summed E-state index contributed by atoms with van der Waals surface area (Å²) in [5.41, 5.74) is 4.16. The Hall–Kier alpha value is -0.340. The number of likely N-dealkylation sites (tertiary alicyclic amines) is 1. The Labute approximate surface area is 113 Å². The van der Waals surface area contributed by atoms with E-state index in [0.717, 1.165) is 12.5 Å². The first-order valence-corrected chi connectivity index (χ1v) is 7.33. The summed E-state index contributed by atoms with van der Waals surface area (Å²) in [5, 5.41) is 0. The number of rotatable bonds is 2. The lowest BCUT2D eigenvalue weighted by atomic mass is 9.99. The third-order valence-electron chi connectivity index (χ3n) is 3.64. The zero-order valence-electron chi connectivity index (χ0n) is 11.1. The molecule has 0 amide bonds. The maximum absolute atomic E-state index is 3.63. The molecular formula is C15H22BrN. The van der Waals surface area contributed by atoms with Crippen molar-refractivity contribution in [1.29, 1.82) is 0 Å². The van der Waals surface area contributed by atoms with Gasteiger partial charge in [-0.2, -0.15) is 0 Å². The highest BCUT2D eigenvalue weighted by Gasteiger charge is 2.16. The zero-order chi connectivity index (χ0) is 12.4. The quantitative estimate of drug-likeness (QED) is 0.786. The summed E-state index contributed by atoms with van der Waals surface area (Å²) >= 11 is 3.63. The molecule has 1 heterocycles. The Morgan fingerprint density at radius 1 is 1.29 bits per heavy atom. The number of aryl methyl sites for hydroxylation is 2. The van der Waals surface area contributed by atoms with Gasteiger partial charge in [-0.25, -0.2) is 0 Å². The van der Waals surface area contributed by atoms with Crippen molar-refractivity contribution >= 4 is 15.9 Å². The van der Waals surface area contributed by atoms with Crippen LogP contribution in [0, 0.1) is 19.8 Å². The molecule has 1 aliphatic rings. The molecule has 1 aromatic carbocycles. The van der Waals surface area contributed by atoms with Gasteiger partial charge in [0.1, 0.15) is 0 Å². The molecule has 0 N–H and O–H groups in total. The number of halogens is 1. The van der Waals surface area contributed by atoms with Gasteiger partial charge in [0, 0.05) is 17.6 Å². The predicted octanol–water partition coefficient (Wildman–Crippen LogP) is 4.30. The SMILES string of the molecule is Cc1cc(CN2CCCC(C)C2)cc(C)c1Br. The molecule has 2 rings (SSSR count). The summed E-state index contributed by atoms with van der Waals surface area (Å²) in [7, 11) is 0. The highest BCUT2D eigenvalue weighted by atomic mass is 79.9. The minimum atomic E-state index is 0.862. The van der Waals surface area contributed by atoms with Crippen molar-refractivity contribution in [2.45, 2.75) is 40.2 Å². The Morgan fingerprint density at radius 2 is 1.94 bits per heavy atom. The number of hydrogen-bond acceptors (Lipinski definition) is 1. The second-order valence-electron chi connectivity index (χ2n) is 5.53. The van der Waals surface area contributed by atoms with Gasteiger partial charge in [0.15, 0.2) is 0 Å². The van der Waals surface area contributed by atoms with Crippen LogP contribution < -0.4 is 0 Å². The van der Waals surface area contributed by atoms with E-state index in [4.69, 9.17) is 0 Å². The van der Waals surface area contributed by atoms with Crippen LogP contribution in [0.15, 0.2) is 16.6 Å². The molecule has 1 aromatic rings. The van der Waals surface area contributed by atoms with Crippen LogP contribution in [-0.4, -0.2) is 18.0 Å². The molecule has 1 fully saturated rings. The zero-order valence-corrected chi connectivity index (χ0v) is 12.7. The molecule has 0 bridgehead atoms. The summed E-state index contributed by atoms with van der Waals surface area (Å²) in [6.07, 6.45) is 2.75. The Morgan fingerprint density at radius 3 is 2.53 bits per heavy atom. The molecule has 0 spiro atoms. The Kier molecular flexibility index (Phi) is 4.26. The van der Waals surface area contributed by atoms with E-state index in [0.29, 0.717) is 0 Å². The third-order valence-corrected chi connectivity index (χ3v) is 4.89. The van der Waals surface area contributed by atoms with Gasteiger partial charge in [-0.15, -0.1) is 0 Å². The lowest BCUT2D eigenvalue weighted by Gasteiger charge is -2.31. The van der Waals surface area contributed by atoms with E-state index in [2.05, 4.69) is 53.7 Å². The molecule has 1 saturated heterocycles. The molecule has 1 nitrogen and oxygen atoms in total. The van der Waals surface area contributed by atoms with Crippen LogP contribution in [0.2, 0.25) is 0 Å². The van der Waals surface area contributed by atoms with E-state index < -0.39 is 0 Å². The minimum absolute atomic E-state index is 0.862. The van der Waals surface area contributed by atoms with Crippen molar-refractivity contribution < 1.29 is 0 Å². The van der Waals surface area contributed by atoms with Crippen molar-refractivity contribution in [2.75, 3.05) is 13.1 Å². The van der Waals surface area contributed by atoms with Crippen LogP contribution >= 0.6 is 15.9 Å². The highest BCUT2D eigenvalue weighted by Crippen LogP contribution is 2.24. The summed E-state index contributed by atoms with van der Waals surface area (Å²) in [5.74, 6) is 0.862. The number of nitrogens with zero attached hydrogens (tertiary/aromatic N) is 1. The first kappa shape index (κ1) is 13.1. The molecule has 0 radical (unpaired) electrons. The van der Waals surface area contributed by atoms with E-state index in [1.54, 1.807) is 0 Å². The lowest BCUT2D eigenvalue weighted by molar-refractivity contribution is 0.176. The Bertz CT molecular complexity index is 377. The van der Waals surface area contributed by atoms with Gasteiger partial charge in [0.05, 0.1) is 0 Å². The summed E-state index contributed by atoms with van der Waals surface area (Å²) < 4.78 is 1.26. The number of piperidine rings is 1. The fourth-order valence-corrected chi connectivity index (χ4v) is 3.04. The molecule has 17 heavy (non-hydrogen) atoms. The van der Waals surface area contributed by atoms with Gasteiger partial charge in [-0.05, 0) is 55.8 Å². The summed E-state index contributed by atoms with van der Waals surface area (Å²) in [6, 6.07) is 4.63. The van der Waals surface area contributed by atoms with E-state index in [-0.39, 0.29) is 0 Å². The van der Waals surface area contributed by atoms with Gasteiger partial charge >= 0.3 is 0 Å². The van der Waals surface area contributed by atoms with Crippen LogP contribution in [0.1, 0.15) is 36.5 Å². The second-order valence-corrected chi connectivity index (χ2v) is 6.32. The van der Waals surface area contributed by atoms with Crippen molar-refractivity contribution in [3.63, 3.8) is 0 Å². The molecule has 0 aliphatic carbocycles. The van der Waals surface area contributed by atoms with E-state index in [1.807, 2.05) is 0 Å². The van der Waals surface area contributed by atoms with E-state index in [9.17, 15) is 0 Å². The maximum Gasteiger partial charge on any atom is 0.0234 e. The topological polar surface area (TPSA) is 3.24 Å². The first-order valence-electron chi connectivity index (χ1n) is 6.54. The van der Waals surface area contributed by atoms with Crippen LogP contribution in [0.25, 0.3) is 0 Å². The largest absolute Gasteiger partial charge is 0.299 e. The molecule has 0 saturated carbocycles. The molecule has 0 aromatic heterocycles. The van der Waals surface area contributed by atoms with E-state index >= 15 is 0 Å². The van der Waals surface area contributed by atoms with Gasteiger partial charge in [-0.1, -0.05) is 35.0 Å². The number of benzene rings is 1. The third kappa shape index (κ3) is 3.32. The predicted molar refractivity (Wildman–Crippen MR) is 77.3 cm³/mol. The molecule has 1 atom stereocenters. The highest BCUT2D eigenvalue weighted by molar-refractivity contribution is 9.10. The molecule has 1 unspecified atom stereocenters. The minimum Gasteiger partial charge on any atom is -0.299 e. The second kappa shape index (κ2) is 5.53. The monoisotopic (exact) mass is 295 g/mol. The van der Waals surface area contributed by atoms with Crippen molar-refractivity contribution in [2.24, 2.45) is 5.92 Å². The van der Waals surface area contributed by atoms with Crippen molar-refractivity contribution in [1.82, 2.24) is 4.90 Å². The maximum atomic E-state index is 3.63. The fourth-order valence-electron chi connectivity index (χ4n) is 2.82.